The molecule has 0 radical (unpaired) electrons. The van der Waals surface area contributed by atoms with Crippen molar-refractivity contribution in [2.24, 2.45) is 0 Å². The fourth-order valence-electron chi connectivity index (χ4n) is 1.24. The third-order valence-electron chi connectivity index (χ3n) is 2.18. The highest BCUT2D eigenvalue weighted by Crippen LogP contribution is 2.25. The molecule has 0 atom stereocenters. The number of methoxy groups -OCH3 is 1. The molecule has 2 rings (SSSR count). The van der Waals surface area contributed by atoms with Gasteiger partial charge in [0.2, 0.25) is 0 Å². The number of hydrogen-bond acceptors (Lipinski definition) is 5. The Bertz CT molecular complexity index is 519. The van der Waals surface area contributed by atoms with E-state index >= 15 is 0 Å². The number of rotatable bonds is 5. The van der Waals surface area contributed by atoms with Crippen molar-refractivity contribution in [3.8, 4) is 0 Å². The Labute approximate surface area is 103 Å². The van der Waals surface area contributed by atoms with Crippen LogP contribution in [0, 0.1) is 0 Å². The van der Waals surface area contributed by atoms with Crippen molar-refractivity contribution >= 4 is 33.2 Å². The summed E-state index contributed by atoms with van der Waals surface area (Å²) in [7, 11) is -2.35. The molecule has 0 unspecified atom stereocenters. The first kappa shape index (κ1) is 12.3. The highest BCUT2D eigenvalue weighted by molar-refractivity contribution is 7.90. The molecular formula is C9H12N2O4S2. The maximum absolute atomic E-state index is 11.6. The summed E-state index contributed by atoms with van der Waals surface area (Å²) in [4.78, 5) is 11.6. The van der Waals surface area contributed by atoms with E-state index in [2.05, 4.69) is 14.2 Å². The minimum absolute atomic E-state index is 0.0210. The lowest BCUT2D eigenvalue weighted by Crippen LogP contribution is -2.32. The molecule has 17 heavy (non-hydrogen) atoms. The average Bonchev–Trinajstić information content (AvgIpc) is 2.93. The predicted octanol–water partition coefficient (Wildman–Crippen LogP) is 0.943. The molecule has 6 nitrogen and oxygen atoms in total. The van der Waals surface area contributed by atoms with Crippen LogP contribution in [0.25, 0.3) is 0 Å². The molecule has 0 aromatic carbocycles. The average molecular weight is 276 g/mol. The number of anilines is 1. The van der Waals surface area contributed by atoms with Gasteiger partial charge >= 0.3 is 5.97 Å². The SMILES string of the molecule is COC(=O)c1sccc1NS(=O)(=O)NC1CC1. The Kier molecular flexibility index (Phi) is 3.36. The van der Waals surface area contributed by atoms with E-state index in [4.69, 9.17) is 0 Å². The number of hydrogen-bond donors (Lipinski definition) is 2. The zero-order valence-electron chi connectivity index (χ0n) is 9.10. The van der Waals surface area contributed by atoms with Crippen LogP contribution in [0.4, 0.5) is 5.69 Å². The molecule has 0 aliphatic heterocycles. The predicted molar refractivity (Wildman–Crippen MR) is 64.4 cm³/mol. The van der Waals surface area contributed by atoms with E-state index < -0.39 is 16.2 Å². The summed E-state index contributed by atoms with van der Waals surface area (Å²) < 4.78 is 32.6. The van der Waals surface area contributed by atoms with Gasteiger partial charge in [0.15, 0.2) is 0 Å². The van der Waals surface area contributed by atoms with Crippen molar-refractivity contribution in [1.29, 1.82) is 0 Å². The fourth-order valence-corrected chi connectivity index (χ4v) is 3.26. The normalized spacial score (nSPS) is 15.6. The largest absolute Gasteiger partial charge is 0.465 e. The van der Waals surface area contributed by atoms with Crippen LogP contribution < -0.4 is 9.44 Å². The summed E-state index contributed by atoms with van der Waals surface area (Å²) in [5.74, 6) is -0.552. The van der Waals surface area contributed by atoms with Gasteiger partial charge in [-0.1, -0.05) is 0 Å². The molecule has 1 fully saturated rings. The van der Waals surface area contributed by atoms with Gasteiger partial charge in [-0.25, -0.2) is 4.79 Å². The first-order chi connectivity index (χ1) is 8.02. The summed E-state index contributed by atoms with van der Waals surface area (Å²) in [6.45, 7) is 0. The highest BCUT2D eigenvalue weighted by Gasteiger charge is 2.27. The number of esters is 1. The lowest BCUT2D eigenvalue weighted by atomic mass is 10.4. The molecule has 1 aromatic rings. The van der Waals surface area contributed by atoms with Crippen molar-refractivity contribution < 1.29 is 17.9 Å². The summed E-state index contributed by atoms with van der Waals surface area (Å²) in [6, 6.07) is 1.55. The van der Waals surface area contributed by atoms with Gasteiger partial charge in [0.25, 0.3) is 10.2 Å². The molecule has 1 aliphatic carbocycles. The van der Waals surface area contributed by atoms with E-state index in [1.165, 1.54) is 13.2 Å². The quantitative estimate of drug-likeness (QED) is 0.784. The molecule has 0 amide bonds. The Morgan fingerprint density at radius 1 is 1.53 bits per heavy atom. The van der Waals surface area contributed by atoms with Gasteiger partial charge in [0.05, 0.1) is 12.8 Å². The molecular weight excluding hydrogens is 264 g/mol. The third kappa shape index (κ3) is 3.18. The van der Waals surface area contributed by atoms with Crippen LogP contribution in [-0.4, -0.2) is 27.5 Å². The molecule has 0 saturated heterocycles. The van der Waals surface area contributed by atoms with Crippen molar-refractivity contribution in [2.75, 3.05) is 11.8 Å². The first-order valence-corrected chi connectivity index (χ1v) is 7.34. The van der Waals surface area contributed by atoms with Gasteiger partial charge in [-0.05, 0) is 24.3 Å². The maximum Gasteiger partial charge on any atom is 0.350 e. The van der Waals surface area contributed by atoms with Gasteiger partial charge in [-0.2, -0.15) is 13.1 Å². The lowest BCUT2D eigenvalue weighted by Gasteiger charge is -2.08. The second-order valence-electron chi connectivity index (χ2n) is 3.65. The van der Waals surface area contributed by atoms with Gasteiger partial charge in [0, 0.05) is 6.04 Å². The molecule has 1 heterocycles. The zero-order chi connectivity index (χ0) is 12.5. The van der Waals surface area contributed by atoms with Crippen LogP contribution in [0.5, 0.6) is 0 Å². The van der Waals surface area contributed by atoms with Crippen LogP contribution in [-0.2, 0) is 14.9 Å². The summed E-state index contributed by atoms with van der Waals surface area (Å²) in [6.07, 6.45) is 1.71. The minimum Gasteiger partial charge on any atom is -0.465 e. The van der Waals surface area contributed by atoms with Gasteiger partial charge in [-0.15, -0.1) is 11.3 Å². The lowest BCUT2D eigenvalue weighted by molar-refractivity contribution is 0.0607. The smallest absolute Gasteiger partial charge is 0.350 e. The van der Waals surface area contributed by atoms with E-state index in [1.54, 1.807) is 5.38 Å². The van der Waals surface area contributed by atoms with Gasteiger partial charge in [0.1, 0.15) is 4.88 Å². The Morgan fingerprint density at radius 3 is 2.82 bits per heavy atom. The monoisotopic (exact) mass is 276 g/mol. The Morgan fingerprint density at radius 2 is 2.24 bits per heavy atom. The zero-order valence-corrected chi connectivity index (χ0v) is 10.7. The Balaban J connectivity index is 2.12. The molecule has 8 heteroatoms. The fraction of sp³-hybridized carbons (Fsp3) is 0.444. The molecule has 2 N–H and O–H groups in total. The van der Waals surface area contributed by atoms with Crippen LogP contribution >= 0.6 is 11.3 Å². The Hall–Kier alpha value is -1.12. The number of carbonyl (C=O) groups is 1. The molecule has 1 aromatic heterocycles. The number of nitrogens with one attached hydrogen (secondary N) is 2. The maximum atomic E-state index is 11.6. The topological polar surface area (TPSA) is 84.5 Å². The molecule has 1 aliphatic rings. The standard InChI is InChI=1S/C9H12N2O4S2/c1-15-9(12)8-7(4-5-16-8)11-17(13,14)10-6-2-3-6/h4-6,10-11H,2-3H2,1H3. The summed E-state index contributed by atoms with van der Waals surface area (Å²) in [5.41, 5.74) is 0.245. The van der Waals surface area contributed by atoms with E-state index in [0.29, 0.717) is 0 Å². The number of carbonyl (C=O) groups excluding carboxylic acids is 1. The summed E-state index contributed by atoms with van der Waals surface area (Å²) in [5, 5.41) is 1.63. The second kappa shape index (κ2) is 4.63. The number of ether oxygens (including phenoxy) is 1. The van der Waals surface area contributed by atoms with E-state index in [0.717, 1.165) is 24.2 Å². The van der Waals surface area contributed by atoms with Crippen LogP contribution in [0.3, 0.4) is 0 Å². The van der Waals surface area contributed by atoms with Crippen LogP contribution in [0.2, 0.25) is 0 Å². The van der Waals surface area contributed by atoms with Crippen molar-refractivity contribution in [2.45, 2.75) is 18.9 Å². The highest BCUT2D eigenvalue weighted by atomic mass is 32.2. The van der Waals surface area contributed by atoms with E-state index in [1.807, 2.05) is 0 Å². The molecule has 1 saturated carbocycles. The van der Waals surface area contributed by atoms with Gasteiger partial charge in [-0.3, -0.25) is 4.72 Å². The molecule has 0 bridgehead atoms. The first-order valence-electron chi connectivity index (χ1n) is 4.98. The minimum atomic E-state index is -3.61. The second-order valence-corrected chi connectivity index (χ2v) is 6.02. The van der Waals surface area contributed by atoms with Crippen molar-refractivity contribution in [3.63, 3.8) is 0 Å². The number of thiophene rings is 1. The molecule has 94 valence electrons. The van der Waals surface area contributed by atoms with E-state index in [-0.39, 0.29) is 16.6 Å². The molecule has 0 spiro atoms. The van der Waals surface area contributed by atoms with Crippen LogP contribution in [0.1, 0.15) is 22.5 Å². The third-order valence-corrected chi connectivity index (χ3v) is 4.21. The van der Waals surface area contributed by atoms with Crippen molar-refractivity contribution in [1.82, 2.24) is 4.72 Å². The van der Waals surface area contributed by atoms with E-state index in [9.17, 15) is 13.2 Å². The van der Waals surface area contributed by atoms with Gasteiger partial charge < -0.3 is 4.74 Å². The van der Waals surface area contributed by atoms with Crippen LogP contribution in [0.15, 0.2) is 11.4 Å². The summed E-state index contributed by atoms with van der Waals surface area (Å²) >= 11 is 1.13. The van der Waals surface area contributed by atoms with Crippen molar-refractivity contribution in [3.05, 3.63) is 16.3 Å².